The summed E-state index contributed by atoms with van der Waals surface area (Å²) >= 11 is 0. The second-order valence-corrected chi connectivity index (χ2v) is 11.8. The van der Waals surface area contributed by atoms with Gasteiger partial charge in [-0.25, -0.2) is 4.79 Å². The molecular formula is C35H50O4. The van der Waals surface area contributed by atoms with E-state index in [0.29, 0.717) is 37.4 Å². The topological polar surface area (TPSA) is 44.8 Å². The lowest BCUT2D eigenvalue weighted by Gasteiger charge is -2.36. The molecule has 214 valence electrons. The van der Waals surface area contributed by atoms with Gasteiger partial charge in [-0.1, -0.05) is 107 Å². The van der Waals surface area contributed by atoms with E-state index in [-0.39, 0.29) is 24.1 Å². The molecule has 3 rings (SSSR count). The maximum absolute atomic E-state index is 12.9. The van der Waals surface area contributed by atoms with E-state index in [0.717, 1.165) is 36.8 Å². The normalized spacial score (nSPS) is 26.8. The Hall–Kier alpha value is -2.43. The first-order valence-electron chi connectivity index (χ1n) is 15.0. The van der Waals surface area contributed by atoms with Gasteiger partial charge in [-0.2, -0.15) is 0 Å². The van der Waals surface area contributed by atoms with Crippen LogP contribution in [0.3, 0.4) is 0 Å². The fraction of sp³-hybridized carbons (Fsp3) is 0.571. The third-order valence-electron chi connectivity index (χ3n) is 8.36. The van der Waals surface area contributed by atoms with E-state index in [1.165, 1.54) is 25.5 Å². The highest BCUT2D eigenvalue weighted by Gasteiger charge is 2.33. The molecule has 2 aromatic rings. The van der Waals surface area contributed by atoms with E-state index in [1.54, 1.807) is 0 Å². The van der Waals surface area contributed by atoms with Crippen molar-refractivity contribution in [3.05, 3.63) is 83.4 Å². The van der Waals surface area contributed by atoms with Crippen molar-refractivity contribution in [2.45, 2.75) is 98.1 Å². The van der Waals surface area contributed by atoms with Crippen molar-refractivity contribution in [3.63, 3.8) is 0 Å². The van der Waals surface area contributed by atoms with E-state index < -0.39 is 0 Å². The fourth-order valence-corrected chi connectivity index (χ4v) is 5.73. The summed E-state index contributed by atoms with van der Waals surface area (Å²) in [5.41, 5.74) is 3.08. The van der Waals surface area contributed by atoms with Crippen LogP contribution in [0.1, 0.15) is 83.8 Å². The molecule has 2 aromatic carbocycles. The van der Waals surface area contributed by atoms with Gasteiger partial charge < -0.3 is 14.2 Å². The number of hydrogen-bond donors (Lipinski definition) is 0. The lowest BCUT2D eigenvalue weighted by atomic mass is 9.79. The first-order valence-corrected chi connectivity index (χ1v) is 15.0. The third-order valence-corrected chi connectivity index (χ3v) is 8.36. The largest absolute Gasteiger partial charge is 0.466 e. The van der Waals surface area contributed by atoms with Crippen molar-refractivity contribution in [2.75, 3.05) is 7.11 Å². The molecule has 0 amide bonds. The Morgan fingerprint density at radius 3 is 2.00 bits per heavy atom. The van der Waals surface area contributed by atoms with E-state index >= 15 is 0 Å². The van der Waals surface area contributed by atoms with Crippen LogP contribution in [-0.2, 0) is 32.2 Å². The van der Waals surface area contributed by atoms with Crippen LogP contribution in [0.2, 0.25) is 0 Å². The zero-order valence-corrected chi connectivity index (χ0v) is 24.8. The summed E-state index contributed by atoms with van der Waals surface area (Å²) in [6.07, 6.45) is 9.08. The molecule has 5 atom stereocenters. The van der Waals surface area contributed by atoms with Crippen LogP contribution in [0, 0.1) is 23.7 Å². The summed E-state index contributed by atoms with van der Waals surface area (Å²) in [6, 6.07) is 20.8. The summed E-state index contributed by atoms with van der Waals surface area (Å²) in [6.45, 7) is 10.4. The standard InChI is InChI=1S/C35H50O4/c1-26(2)32-23-33(38-24-29-17-8-6-9-18-29)28(4)16-12-14-27(3)15-13-21-31(35(36)37-5)22-34(32)39-25-30-19-10-7-11-20-30/h6-11,17-21,26-28,32-34H,12-16,22-25H2,1-5H3/b31-21+/t27-,28+,32-,33-,34-/m1/s1. The fourth-order valence-electron chi connectivity index (χ4n) is 5.73. The molecule has 0 N–H and O–H groups in total. The summed E-state index contributed by atoms with van der Waals surface area (Å²) in [7, 11) is 1.48. The lowest BCUT2D eigenvalue weighted by molar-refractivity contribution is -0.137. The van der Waals surface area contributed by atoms with Gasteiger partial charge >= 0.3 is 5.97 Å². The molecule has 0 aromatic heterocycles. The Labute approximate surface area is 237 Å². The molecule has 4 nitrogen and oxygen atoms in total. The number of esters is 1. The van der Waals surface area contributed by atoms with Gasteiger partial charge in [0.2, 0.25) is 0 Å². The highest BCUT2D eigenvalue weighted by Crippen LogP contribution is 2.34. The van der Waals surface area contributed by atoms with Gasteiger partial charge in [-0.15, -0.1) is 0 Å². The van der Waals surface area contributed by atoms with E-state index in [2.05, 4.69) is 70.2 Å². The number of carbonyl (C=O) groups is 1. The van der Waals surface area contributed by atoms with Crippen LogP contribution in [0.25, 0.3) is 0 Å². The van der Waals surface area contributed by atoms with Crippen molar-refractivity contribution in [3.8, 4) is 0 Å². The molecule has 0 bridgehead atoms. The molecule has 0 saturated carbocycles. The first-order chi connectivity index (χ1) is 18.9. The molecule has 0 saturated heterocycles. The Kier molecular flexibility index (Phi) is 13.3. The predicted octanol–water partition coefficient (Wildman–Crippen LogP) is 8.55. The number of allylic oxidation sites excluding steroid dienone is 1. The van der Waals surface area contributed by atoms with Crippen molar-refractivity contribution in [1.82, 2.24) is 0 Å². The Bertz CT molecular complexity index is 984. The van der Waals surface area contributed by atoms with Gasteiger partial charge in [0.05, 0.1) is 32.5 Å². The minimum Gasteiger partial charge on any atom is -0.466 e. The molecule has 0 radical (unpaired) electrons. The van der Waals surface area contributed by atoms with Crippen molar-refractivity contribution in [1.29, 1.82) is 0 Å². The first kappa shape index (κ1) is 31.1. The average Bonchev–Trinajstić information content (AvgIpc) is 2.94. The van der Waals surface area contributed by atoms with Crippen molar-refractivity contribution in [2.24, 2.45) is 23.7 Å². The summed E-state index contributed by atoms with van der Waals surface area (Å²) in [5.74, 6) is 1.42. The molecule has 0 fully saturated rings. The number of methoxy groups -OCH3 is 1. The maximum Gasteiger partial charge on any atom is 0.333 e. The van der Waals surface area contributed by atoms with Crippen LogP contribution in [0.15, 0.2) is 72.3 Å². The second kappa shape index (κ2) is 16.6. The summed E-state index contributed by atoms with van der Waals surface area (Å²) < 4.78 is 18.6. The van der Waals surface area contributed by atoms with Gasteiger partial charge in [0.15, 0.2) is 0 Å². The van der Waals surface area contributed by atoms with Crippen LogP contribution in [0.4, 0.5) is 0 Å². The third kappa shape index (κ3) is 10.6. The van der Waals surface area contributed by atoms with Crippen LogP contribution < -0.4 is 0 Å². The van der Waals surface area contributed by atoms with Crippen molar-refractivity contribution >= 4 is 5.97 Å². The Balaban J connectivity index is 1.91. The van der Waals surface area contributed by atoms with Gasteiger partial charge in [-0.3, -0.25) is 0 Å². The molecule has 39 heavy (non-hydrogen) atoms. The maximum atomic E-state index is 12.9. The van der Waals surface area contributed by atoms with Gasteiger partial charge in [-0.05, 0) is 60.5 Å². The Morgan fingerprint density at radius 2 is 1.44 bits per heavy atom. The number of hydrogen-bond acceptors (Lipinski definition) is 4. The molecule has 0 spiro atoms. The molecular weight excluding hydrogens is 484 g/mol. The molecule has 0 unspecified atom stereocenters. The molecule has 1 aliphatic rings. The quantitative estimate of drug-likeness (QED) is 0.318. The summed E-state index contributed by atoms with van der Waals surface area (Å²) in [5, 5.41) is 0. The van der Waals surface area contributed by atoms with E-state index in [1.807, 2.05) is 24.3 Å². The van der Waals surface area contributed by atoms with Crippen molar-refractivity contribution < 1.29 is 19.0 Å². The molecule has 0 aliphatic heterocycles. The highest BCUT2D eigenvalue weighted by atomic mass is 16.5. The van der Waals surface area contributed by atoms with Crippen LogP contribution in [0.5, 0.6) is 0 Å². The molecule has 0 heterocycles. The second-order valence-electron chi connectivity index (χ2n) is 11.8. The smallest absolute Gasteiger partial charge is 0.333 e. The minimum atomic E-state index is -0.240. The number of carbonyl (C=O) groups excluding carboxylic acids is 1. The minimum absolute atomic E-state index is 0.115. The SMILES string of the molecule is COC(=O)/C1=C/CC[C@H](C)CCC[C@H](C)[C@H](OCc2ccccc2)C[C@H](C(C)C)[C@H](OCc2ccccc2)C1. The van der Waals surface area contributed by atoms with E-state index in [9.17, 15) is 4.79 Å². The van der Waals surface area contributed by atoms with Crippen LogP contribution in [-0.4, -0.2) is 25.3 Å². The van der Waals surface area contributed by atoms with Crippen LogP contribution >= 0.6 is 0 Å². The molecule has 1 aliphatic carbocycles. The predicted molar refractivity (Wildman–Crippen MR) is 159 cm³/mol. The number of ether oxygens (including phenoxy) is 3. The average molecular weight is 535 g/mol. The Morgan fingerprint density at radius 1 is 0.846 bits per heavy atom. The monoisotopic (exact) mass is 534 g/mol. The van der Waals surface area contributed by atoms with Gasteiger partial charge in [0.1, 0.15) is 0 Å². The summed E-state index contributed by atoms with van der Waals surface area (Å²) in [4.78, 5) is 12.9. The lowest BCUT2D eigenvalue weighted by Crippen LogP contribution is -2.35. The number of rotatable bonds is 8. The van der Waals surface area contributed by atoms with E-state index in [4.69, 9.17) is 14.2 Å². The zero-order valence-electron chi connectivity index (χ0n) is 24.8. The van der Waals surface area contributed by atoms with Gasteiger partial charge in [0, 0.05) is 12.0 Å². The zero-order chi connectivity index (χ0) is 28.0. The number of benzene rings is 2. The highest BCUT2D eigenvalue weighted by molar-refractivity contribution is 5.88. The molecule has 4 heteroatoms. The van der Waals surface area contributed by atoms with Gasteiger partial charge in [0.25, 0.3) is 0 Å².